The highest BCUT2D eigenvalue weighted by atomic mass is 16.5. The first-order chi connectivity index (χ1) is 13.5. The van der Waals surface area contributed by atoms with E-state index in [0.29, 0.717) is 26.4 Å². The highest BCUT2D eigenvalue weighted by Crippen LogP contribution is 2.37. The number of nitrogens with zero attached hydrogens (tertiary/aromatic N) is 2. The summed E-state index contributed by atoms with van der Waals surface area (Å²) >= 11 is 0. The molecule has 0 unspecified atom stereocenters. The number of hydrogen-bond donors (Lipinski definition) is 0. The SMILES string of the molecule is Cc1cc(C)c2c(c1)OCCOCCOc1cc(C)cc(C)c1[N+]1=CN2CC1. The normalized spacial score (nSPS) is 17.0. The minimum absolute atomic E-state index is 0.530. The molecule has 0 atom stereocenters. The van der Waals surface area contributed by atoms with Gasteiger partial charge in [0, 0.05) is 0 Å². The minimum atomic E-state index is 0.530. The van der Waals surface area contributed by atoms with Crippen LogP contribution in [0.25, 0.3) is 0 Å². The summed E-state index contributed by atoms with van der Waals surface area (Å²) in [5.41, 5.74) is 7.13. The van der Waals surface area contributed by atoms with Gasteiger partial charge in [0.15, 0.2) is 22.9 Å². The lowest BCUT2D eigenvalue weighted by Gasteiger charge is -2.17. The minimum Gasteiger partial charge on any atom is -0.487 e. The maximum absolute atomic E-state index is 6.11. The van der Waals surface area contributed by atoms with Gasteiger partial charge in [0.05, 0.1) is 13.2 Å². The number of fused-ring (bicyclic) bond motifs is 5. The van der Waals surface area contributed by atoms with E-state index in [9.17, 15) is 0 Å². The summed E-state index contributed by atoms with van der Waals surface area (Å²) in [5.74, 6) is 1.85. The van der Waals surface area contributed by atoms with E-state index < -0.39 is 0 Å². The van der Waals surface area contributed by atoms with E-state index in [1.807, 2.05) is 0 Å². The first kappa shape index (κ1) is 18.8. The molecule has 2 aromatic rings. The molecular formula is C23H29N2O3+. The van der Waals surface area contributed by atoms with Gasteiger partial charge in [-0.15, -0.1) is 0 Å². The lowest BCUT2D eigenvalue weighted by Crippen LogP contribution is -2.21. The number of rotatable bonds is 0. The average molecular weight is 381 g/mol. The molecule has 2 aliphatic heterocycles. The average Bonchev–Trinajstić information content (AvgIpc) is 3.08. The molecule has 28 heavy (non-hydrogen) atoms. The summed E-state index contributed by atoms with van der Waals surface area (Å²) in [5, 5.41) is 0. The molecule has 0 aromatic heterocycles. The zero-order valence-electron chi connectivity index (χ0n) is 17.2. The second-order valence-electron chi connectivity index (χ2n) is 7.67. The van der Waals surface area contributed by atoms with Crippen molar-refractivity contribution in [1.82, 2.24) is 0 Å². The molecule has 5 heteroatoms. The van der Waals surface area contributed by atoms with Crippen LogP contribution in [-0.4, -0.2) is 50.4 Å². The van der Waals surface area contributed by atoms with Gasteiger partial charge >= 0.3 is 0 Å². The van der Waals surface area contributed by atoms with E-state index >= 15 is 0 Å². The Morgan fingerprint density at radius 2 is 1.43 bits per heavy atom. The number of hydrogen-bond acceptors (Lipinski definition) is 4. The van der Waals surface area contributed by atoms with Crippen LogP contribution in [0, 0.1) is 27.7 Å². The number of benzene rings is 2. The summed E-state index contributed by atoms with van der Waals surface area (Å²) in [6, 6.07) is 8.67. The van der Waals surface area contributed by atoms with Crippen molar-refractivity contribution in [3.05, 3.63) is 46.5 Å². The fraction of sp³-hybridized carbons (Fsp3) is 0.435. The number of ether oxygens (including phenoxy) is 3. The Balaban J connectivity index is 1.82. The molecule has 5 nitrogen and oxygen atoms in total. The van der Waals surface area contributed by atoms with Gasteiger partial charge in [-0.25, -0.2) is 9.48 Å². The van der Waals surface area contributed by atoms with Crippen LogP contribution >= 0.6 is 0 Å². The van der Waals surface area contributed by atoms with Crippen LogP contribution in [0.3, 0.4) is 0 Å². The lowest BCUT2D eigenvalue weighted by atomic mass is 10.1. The standard InChI is InChI=1S/C23H29N2O3/c1-16-11-18(3)22-20(13-16)27-9-7-26-8-10-28-21-14-17(2)12-19(4)23(21)25-6-5-24(22)15-25/h11-15H,5-10H2,1-4H3/q+1. The Bertz CT molecular complexity index is 921. The van der Waals surface area contributed by atoms with Gasteiger partial charge in [0.25, 0.3) is 0 Å². The van der Waals surface area contributed by atoms with E-state index in [2.05, 4.69) is 67.8 Å². The van der Waals surface area contributed by atoms with Gasteiger partial charge in [0.2, 0.25) is 6.34 Å². The molecule has 0 amide bonds. The van der Waals surface area contributed by atoms with Crippen molar-refractivity contribution < 1.29 is 18.8 Å². The van der Waals surface area contributed by atoms with Crippen molar-refractivity contribution in [1.29, 1.82) is 0 Å². The molecule has 2 heterocycles. The van der Waals surface area contributed by atoms with Crippen LogP contribution in [0.2, 0.25) is 0 Å². The third-order valence-corrected chi connectivity index (χ3v) is 5.23. The van der Waals surface area contributed by atoms with Crippen molar-refractivity contribution in [3.63, 3.8) is 0 Å². The molecule has 0 saturated heterocycles. The van der Waals surface area contributed by atoms with Crippen LogP contribution in [0.5, 0.6) is 11.5 Å². The zero-order chi connectivity index (χ0) is 19.7. The summed E-state index contributed by atoms with van der Waals surface area (Å²) in [6.45, 7) is 12.5. The zero-order valence-corrected chi connectivity index (χ0v) is 17.2. The van der Waals surface area contributed by atoms with Crippen molar-refractivity contribution >= 4 is 17.7 Å². The predicted octanol–water partition coefficient (Wildman–Crippen LogP) is 3.90. The molecule has 0 radical (unpaired) electrons. The van der Waals surface area contributed by atoms with Crippen molar-refractivity contribution in [2.24, 2.45) is 0 Å². The Kier molecular flexibility index (Phi) is 5.27. The Labute approximate surface area is 167 Å². The van der Waals surface area contributed by atoms with Crippen molar-refractivity contribution in [3.8, 4) is 11.5 Å². The molecule has 2 aliphatic rings. The van der Waals surface area contributed by atoms with E-state index in [1.54, 1.807) is 0 Å². The topological polar surface area (TPSA) is 33.9 Å². The number of anilines is 1. The smallest absolute Gasteiger partial charge is 0.245 e. The molecule has 2 aromatic carbocycles. The Hall–Kier alpha value is -2.53. The molecule has 148 valence electrons. The Morgan fingerprint density at radius 1 is 0.786 bits per heavy atom. The van der Waals surface area contributed by atoms with Gasteiger partial charge in [-0.2, -0.15) is 0 Å². The van der Waals surface area contributed by atoms with Crippen LogP contribution < -0.4 is 14.4 Å². The maximum Gasteiger partial charge on any atom is 0.245 e. The van der Waals surface area contributed by atoms with E-state index in [4.69, 9.17) is 14.2 Å². The number of aryl methyl sites for hydroxylation is 4. The van der Waals surface area contributed by atoms with Crippen molar-refractivity contribution in [2.75, 3.05) is 44.4 Å². The molecular weight excluding hydrogens is 352 g/mol. The Morgan fingerprint density at radius 3 is 2.18 bits per heavy atom. The molecule has 0 aliphatic carbocycles. The molecule has 0 spiro atoms. The third kappa shape index (κ3) is 3.72. The van der Waals surface area contributed by atoms with Crippen molar-refractivity contribution in [2.45, 2.75) is 27.7 Å². The van der Waals surface area contributed by atoms with Crippen LogP contribution in [0.1, 0.15) is 22.3 Å². The highest BCUT2D eigenvalue weighted by molar-refractivity contribution is 5.84. The molecule has 0 N–H and O–H groups in total. The predicted molar refractivity (Wildman–Crippen MR) is 112 cm³/mol. The van der Waals surface area contributed by atoms with Gasteiger partial charge in [-0.3, -0.25) is 0 Å². The maximum atomic E-state index is 6.11. The summed E-state index contributed by atoms with van der Waals surface area (Å²) in [4.78, 5) is 2.29. The van der Waals surface area contributed by atoms with Gasteiger partial charge in [-0.05, 0) is 62.1 Å². The quantitative estimate of drug-likeness (QED) is 0.648. The summed E-state index contributed by atoms with van der Waals surface area (Å²) in [6.07, 6.45) is 2.19. The second kappa shape index (κ2) is 7.84. The van der Waals surface area contributed by atoms with Crippen LogP contribution in [-0.2, 0) is 4.74 Å². The van der Waals surface area contributed by atoms with E-state index in [0.717, 1.165) is 36.0 Å². The van der Waals surface area contributed by atoms with Gasteiger partial charge in [-0.1, -0.05) is 12.1 Å². The lowest BCUT2D eigenvalue weighted by molar-refractivity contribution is -0.425. The largest absolute Gasteiger partial charge is 0.487 e. The van der Waals surface area contributed by atoms with E-state index in [1.165, 1.54) is 22.3 Å². The fourth-order valence-electron chi connectivity index (χ4n) is 4.16. The van der Waals surface area contributed by atoms with Crippen LogP contribution in [0.15, 0.2) is 24.3 Å². The summed E-state index contributed by atoms with van der Waals surface area (Å²) < 4.78 is 20.2. The third-order valence-electron chi connectivity index (χ3n) is 5.23. The molecule has 0 fully saturated rings. The van der Waals surface area contributed by atoms with Gasteiger partial charge < -0.3 is 14.2 Å². The molecule has 4 rings (SSSR count). The first-order valence-electron chi connectivity index (χ1n) is 9.97. The second-order valence-corrected chi connectivity index (χ2v) is 7.67. The molecule has 2 bridgehead atoms. The highest BCUT2D eigenvalue weighted by Gasteiger charge is 2.30. The first-order valence-corrected chi connectivity index (χ1v) is 9.97. The monoisotopic (exact) mass is 381 g/mol. The van der Waals surface area contributed by atoms with E-state index in [-0.39, 0.29) is 0 Å². The molecule has 0 saturated carbocycles. The summed E-state index contributed by atoms with van der Waals surface area (Å²) in [7, 11) is 0. The fourth-order valence-corrected chi connectivity index (χ4v) is 4.16. The van der Waals surface area contributed by atoms with Gasteiger partial charge in [0.1, 0.15) is 26.3 Å². The van der Waals surface area contributed by atoms with Crippen LogP contribution in [0.4, 0.5) is 11.4 Å².